The van der Waals surface area contributed by atoms with Gasteiger partial charge in [-0.15, -0.1) is 11.3 Å². The van der Waals surface area contributed by atoms with Crippen LogP contribution in [0.15, 0.2) is 0 Å². The van der Waals surface area contributed by atoms with Crippen LogP contribution in [0.3, 0.4) is 0 Å². The van der Waals surface area contributed by atoms with Crippen molar-refractivity contribution in [2.24, 2.45) is 5.41 Å². The Balaban J connectivity index is 3.23. The van der Waals surface area contributed by atoms with Crippen molar-refractivity contribution >= 4 is 23.3 Å². The Morgan fingerprint density at radius 1 is 1.42 bits per heavy atom. The second kappa shape index (κ2) is 5.69. The molecule has 1 heterocycles. The van der Waals surface area contributed by atoms with Gasteiger partial charge in [-0.05, 0) is 18.3 Å². The molecule has 1 rings (SSSR count). The maximum absolute atomic E-state index is 11.6. The van der Waals surface area contributed by atoms with Gasteiger partial charge in [0, 0.05) is 4.88 Å². The maximum atomic E-state index is 11.6. The van der Waals surface area contributed by atoms with Crippen LogP contribution in [0.2, 0.25) is 0 Å². The van der Waals surface area contributed by atoms with Gasteiger partial charge in [0.25, 0.3) is 0 Å². The number of carbonyl (C=O) groups excluding carboxylic acids is 1. The molecule has 1 unspecified atom stereocenters. The second-order valence-electron chi connectivity index (χ2n) is 5.35. The minimum atomic E-state index is -1.11. The molecule has 0 saturated heterocycles. The molecule has 0 aliphatic heterocycles. The first kappa shape index (κ1) is 15.6. The molecule has 0 spiro atoms. The van der Waals surface area contributed by atoms with E-state index in [1.54, 1.807) is 6.92 Å². The van der Waals surface area contributed by atoms with E-state index in [1.807, 2.05) is 27.7 Å². The lowest BCUT2D eigenvalue weighted by molar-refractivity contribution is 0.0526. The van der Waals surface area contributed by atoms with Crippen molar-refractivity contribution in [3.8, 4) is 0 Å². The van der Waals surface area contributed by atoms with Gasteiger partial charge in [-0.25, -0.2) is 14.6 Å². The number of esters is 1. The molecule has 5 nitrogen and oxygen atoms in total. The van der Waals surface area contributed by atoms with Crippen molar-refractivity contribution in [1.82, 2.24) is 4.98 Å². The van der Waals surface area contributed by atoms with Crippen LogP contribution >= 0.6 is 11.3 Å². The van der Waals surface area contributed by atoms with E-state index >= 15 is 0 Å². The predicted molar refractivity (Wildman–Crippen MR) is 72.9 cm³/mol. The molecule has 1 aromatic heterocycles. The molecule has 1 aromatic rings. The van der Waals surface area contributed by atoms with Crippen LogP contribution < -0.4 is 0 Å². The Morgan fingerprint density at radius 2 is 2.00 bits per heavy atom. The number of hydrogen-bond acceptors (Lipinski definition) is 5. The number of carboxylic acids is 1. The molecule has 19 heavy (non-hydrogen) atoms. The van der Waals surface area contributed by atoms with Crippen molar-refractivity contribution in [1.29, 1.82) is 0 Å². The van der Waals surface area contributed by atoms with E-state index in [0.29, 0.717) is 4.88 Å². The summed E-state index contributed by atoms with van der Waals surface area (Å²) in [4.78, 5) is 27.4. The third-order valence-electron chi connectivity index (χ3n) is 3.00. The third-order valence-corrected chi connectivity index (χ3v) is 4.22. The summed E-state index contributed by atoms with van der Waals surface area (Å²) in [6.45, 7) is 9.94. The van der Waals surface area contributed by atoms with Gasteiger partial charge in [0.1, 0.15) is 0 Å². The Morgan fingerprint density at radius 3 is 2.42 bits per heavy atom. The van der Waals surface area contributed by atoms with Crippen LogP contribution in [0.1, 0.15) is 65.7 Å². The molecule has 106 valence electrons. The highest BCUT2D eigenvalue weighted by molar-refractivity contribution is 7.13. The lowest BCUT2D eigenvalue weighted by atomic mass is 9.81. The van der Waals surface area contributed by atoms with Gasteiger partial charge >= 0.3 is 11.9 Å². The van der Waals surface area contributed by atoms with E-state index in [0.717, 1.165) is 11.3 Å². The fourth-order valence-electron chi connectivity index (χ4n) is 1.45. The minimum Gasteiger partial charge on any atom is -0.476 e. The molecule has 0 bridgehead atoms. The summed E-state index contributed by atoms with van der Waals surface area (Å²) < 4.78 is 4.86. The molecule has 0 aromatic carbocycles. The zero-order valence-corrected chi connectivity index (χ0v) is 12.6. The van der Waals surface area contributed by atoms with E-state index in [2.05, 4.69) is 4.98 Å². The predicted octanol–water partition coefficient (Wildman–Crippen LogP) is 3.17. The molecule has 0 aliphatic carbocycles. The fourth-order valence-corrected chi connectivity index (χ4v) is 2.70. The highest BCUT2D eigenvalue weighted by atomic mass is 32.1. The van der Waals surface area contributed by atoms with Crippen molar-refractivity contribution in [2.45, 2.75) is 40.5 Å². The molecular formula is C13H19NO4S. The quantitative estimate of drug-likeness (QED) is 0.860. The van der Waals surface area contributed by atoms with Gasteiger partial charge in [0.05, 0.1) is 6.61 Å². The van der Waals surface area contributed by atoms with Crippen LogP contribution in [-0.4, -0.2) is 28.6 Å². The number of hydrogen-bond donors (Lipinski definition) is 1. The number of carbonyl (C=O) groups is 2. The number of aromatic carboxylic acids is 1. The first-order valence-corrected chi connectivity index (χ1v) is 6.91. The number of aromatic nitrogens is 1. The molecule has 1 atom stereocenters. The van der Waals surface area contributed by atoms with Gasteiger partial charge in [0.2, 0.25) is 5.01 Å². The first-order chi connectivity index (χ1) is 8.68. The Hall–Kier alpha value is -1.43. The largest absolute Gasteiger partial charge is 0.476 e. The van der Waals surface area contributed by atoms with Crippen molar-refractivity contribution in [2.75, 3.05) is 6.61 Å². The SMILES string of the molecule is CCOC(=O)c1nc(C(=O)O)c(C(C)C(C)(C)C)s1. The smallest absolute Gasteiger partial charge is 0.367 e. The van der Waals surface area contributed by atoms with Gasteiger partial charge < -0.3 is 9.84 Å². The van der Waals surface area contributed by atoms with Crippen LogP contribution in [0.5, 0.6) is 0 Å². The van der Waals surface area contributed by atoms with Crippen molar-refractivity contribution < 1.29 is 19.4 Å². The zero-order chi connectivity index (χ0) is 14.8. The summed E-state index contributed by atoms with van der Waals surface area (Å²) in [5.41, 5.74) is -0.154. The fraction of sp³-hybridized carbons (Fsp3) is 0.615. The molecule has 0 amide bonds. The average Bonchev–Trinajstić information content (AvgIpc) is 2.71. The normalized spacial score (nSPS) is 13.1. The summed E-state index contributed by atoms with van der Waals surface area (Å²) in [6, 6.07) is 0. The van der Waals surface area contributed by atoms with Gasteiger partial charge in [0.15, 0.2) is 5.69 Å². The molecule has 0 radical (unpaired) electrons. The van der Waals surface area contributed by atoms with E-state index in [1.165, 1.54) is 0 Å². The van der Waals surface area contributed by atoms with Crippen LogP contribution in [0, 0.1) is 5.41 Å². The monoisotopic (exact) mass is 285 g/mol. The Bertz CT molecular complexity index is 487. The lowest BCUT2D eigenvalue weighted by Crippen LogP contribution is -2.16. The highest BCUT2D eigenvalue weighted by Gasteiger charge is 2.31. The summed E-state index contributed by atoms with van der Waals surface area (Å²) in [5, 5.41) is 9.30. The number of carboxylic acid groups (broad SMARTS) is 1. The molecule has 1 N–H and O–H groups in total. The van der Waals surface area contributed by atoms with Gasteiger partial charge in [-0.2, -0.15) is 0 Å². The summed E-state index contributed by atoms with van der Waals surface area (Å²) in [7, 11) is 0. The summed E-state index contributed by atoms with van der Waals surface area (Å²) >= 11 is 1.10. The van der Waals surface area contributed by atoms with E-state index in [-0.39, 0.29) is 28.6 Å². The number of nitrogens with zero attached hydrogens (tertiary/aromatic N) is 1. The van der Waals surface area contributed by atoms with E-state index in [9.17, 15) is 14.7 Å². The minimum absolute atomic E-state index is 0.0146. The van der Waals surface area contributed by atoms with Crippen LogP contribution in [-0.2, 0) is 4.74 Å². The molecule has 6 heteroatoms. The van der Waals surface area contributed by atoms with Crippen LogP contribution in [0.4, 0.5) is 0 Å². The van der Waals surface area contributed by atoms with Crippen molar-refractivity contribution in [3.05, 3.63) is 15.6 Å². The van der Waals surface area contributed by atoms with Crippen LogP contribution in [0.25, 0.3) is 0 Å². The Kier molecular flexibility index (Phi) is 4.68. The number of thiazole rings is 1. The van der Waals surface area contributed by atoms with Crippen molar-refractivity contribution in [3.63, 3.8) is 0 Å². The second-order valence-corrected chi connectivity index (χ2v) is 6.38. The Labute approximate surface area is 116 Å². The lowest BCUT2D eigenvalue weighted by Gasteiger charge is -2.26. The standard InChI is InChI=1S/C13H19NO4S/c1-6-18-12(17)10-14-8(11(15)16)9(19-10)7(2)13(3,4)5/h7H,6H2,1-5H3,(H,15,16). The third kappa shape index (κ3) is 3.53. The molecule has 0 saturated carbocycles. The highest BCUT2D eigenvalue weighted by Crippen LogP contribution is 2.39. The zero-order valence-electron chi connectivity index (χ0n) is 11.8. The summed E-state index contributed by atoms with van der Waals surface area (Å²) in [6.07, 6.45) is 0. The average molecular weight is 285 g/mol. The number of ether oxygens (including phenoxy) is 1. The van der Waals surface area contributed by atoms with E-state index in [4.69, 9.17) is 4.74 Å². The summed E-state index contributed by atoms with van der Waals surface area (Å²) in [5.74, 6) is -1.69. The molecule has 0 aliphatic rings. The van der Waals surface area contributed by atoms with Gasteiger partial charge in [-0.1, -0.05) is 27.7 Å². The first-order valence-electron chi connectivity index (χ1n) is 6.09. The topological polar surface area (TPSA) is 76.5 Å². The van der Waals surface area contributed by atoms with Gasteiger partial charge in [-0.3, -0.25) is 0 Å². The number of rotatable bonds is 4. The molecular weight excluding hydrogens is 266 g/mol. The maximum Gasteiger partial charge on any atom is 0.367 e. The van der Waals surface area contributed by atoms with E-state index < -0.39 is 11.9 Å². The molecule has 0 fully saturated rings.